The second kappa shape index (κ2) is 5.24. The Morgan fingerprint density at radius 1 is 1.06 bits per heavy atom. The lowest BCUT2D eigenvalue weighted by molar-refractivity contribution is 1.33. The van der Waals surface area contributed by atoms with E-state index in [0.29, 0.717) is 5.56 Å². The van der Waals surface area contributed by atoms with Crippen LogP contribution in [0.15, 0.2) is 40.9 Å². The van der Waals surface area contributed by atoms with Crippen LogP contribution in [0.2, 0.25) is 0 Å². The van der Waals surface area contributed by atoms with Crippen LogP contribution in [0.1, 0.15) is 16.7 Å². The van der Waals surface area contributed by atoms with E-state index in [4.69, 9.17) is 5.26 Å². The Balaban J connectivity index is 2.32. The zero-order valence-electron chi connectivity index (χ0n) is 10.3. The maximum Gasteiger partial charge on any atom is 0.0992 e. The smallest absolute Gasteiger partial charge is 0.0992 e. The molecule has 0 saturated carbocycles. The second-order valence-electron chi connectivity index (χ2n) is 4.24. The van der Waals surface area contributed by atoms with Gasteiger partial charge >= 0.3 is 0 Å². The number of anilines is 2. The van der Waals surface area contributed by atoms with Gasteiger partial charge in [0.25, 0.3) is 0 Å². The monoisotopic (exact) mass is 300 g/mol. The Labute approximate surface area is 115 Å². The van der Waals surface area contributed by atoms with Crippen LogP contribution in [0, 0.1) is 25.2 Å². The quantitative estimate of drug-likeness (QED) is 0.874. The fourth-order valence-corrected chi connectivity index (χ4v) is 2.08. The van der Waals surface area contributed by atoms with Crippen molar-refractivity contribution < 1.29 is 0 Å². The average Bonchev–Trinajstić information content (AvgIpc) is 2.36. The van der Waals surface area contributed by atoms with E-state index in [-0.39, 0.29) is 0 Å². The van der Waals surface area contributed by atoms with Gasteiger partial charge in [-0.05, 0) is 55.3 Å². The molecule has 0 atom stereocenters. The minimum atomic E-state index is 0.658. The minimum absolute atomic E-state index is 0.658. The van der Waals surface area contributed by atoms with Crippen LogP contribution >= 0.6 is 15.9 Å². The fraction of sp³-hybridized carbons (Fsp3) is 0.133. The first-order chi connectivity index (χ1) is 8.60. The average molecular weight is 301 g/mol. The predicted octanol–water partition coefficient (Wildman–Crippen LogP) is 4.68. The van der Waals surface area contributed by atoms with Crippen LogP contribution in [0.3, 0.4) is 0 Å². The van der Waals surface area contributed by atoms with Gasteiger partial charge in [0.15, 0.2) is 0 Å². The molecule has 18 heavy (non-hydrogen) atoms. The highest BCUT2D eigenvalue weighted by atomic mass is 79.9. The summed E-state index contributed by atoms with van der Waals surface area (Å²) in [5.74, 6) is 0. The summed E-state index contributed by atoms with van der Waals surface area (Å²) < 4.78 is 1.14. The van der Waals surface area contributed by atoms with E-state index in [2.05, 4.69) is 53.3 Å². The molecule has 0 heterocycles. The summed E-state index contributed by atoms with van der Waals surface area (Å²) in [6, 6.07) is 13.8. The minimum Gasteiger partial charge on any atom is -0.355 e. The summed E-state index contributed by atoms with van der Waals surface area (Å²) in [7, 11) is 0. The van der Waals surface area contributed by atoms with Crippen LogP contribution in [0.4, 0.5) is 11.4 Å². The topological polar surface area (TPSA) is 35.8 Å². The van der Waals surface area contributed by atoms with Gasteiger partial charge in [0, 0.05) is 15.8 Å². The second-order valence-corrected chi connectivity index (χ2v) is 5.03. The van der Waals surface area contributed by atoms with Crippen LogP contribution < -0.4 is 5.32 Å². The van der Waals surface area contributed by atoms with E-state index in [9.17, 15) is 0 Å². The number of hydrogen-bond acceptors (Lipinski definition) is 2. The molecule has 90 valence electrons. The molecular weight excluding hydrogens is 288 g/mol. The van der Waals surface area contributed by atoms with Gasteiger partial charge in [0.2, 0.25) is 0 Å². The zero-order valence-corrected chi connectivity index (χ0v) is 11.9. The van der Waals surface area contributed by atoms with Crippen molar-refractivity contribution in [3.8, 4) is 6.07 Å². The number of aryl methyl sites for hydroxylation is 2. The van der Waals surface area contributed by atoms with Gasteiger partial charge in [-0.15, -0.1) is 0 Å². The first-order valence-corrected chi connectivity index (χ1v) is 6.43. The number of nitrogens with zero attached hydrogens (tertiary/aromatic N) is 1. The van der Waals surface area contributed by atoms with Crippen molar-refractivity contribution in [1.82, 2.24) is 0 Å². The van der Waals surface area contributed by atoms with E-state index in [1.807, 2.05) is 18.2 Å². The van der Waals surface area contributed by atoms with Crippen LogP contribution in [0.5, 0.6) is 0 Å². The summed E-state index contributed by atoms with van der Waals surface area (Å²) in [4.78, 5) is 0. The van der Waals surface area contributed by atoms with E-state index < -0.39 is 0 Å². The van der Waals surface area contributed by atoms with Crippen LogP contribution in [-0.4, -0.2) is 0 Å². The number of benzene rings is 2. The maximum atomic E-state index is 8.87. The lowest BCUT2D eigenvalue weighted by atomic mass is 10.1. The van der Waals surface area contributed by atoms with Crippen LogP contribution in [-0.2, 0) is 0 Å². The molecule has 2 aromatic carbocycles. The molecule has 0 amide bonds. The summed E-state index contributed by atoms with van der Waals surface area (Å²) in [6.07, 6.45) is 0. The largest absolute Gasteiger partial charge is 0.355 e. The SMILES string of the molecule is Cc1cc(Nc2cccc(C#N)c2)cc(C)c1Br. The molecule has 0 radical (unpaired) electrons. The Kier molecular flexibility index (Phi) is 3.69. The molecule has 0 aromatic heterocycles. The molecule has 0 fully saturated rings. The Bertz CT molecular complexity index is 604. The predicted molar refractivity (Wildman–Crippen MR) is 78.1 cm³/mol. The molecule has 0 aliphatic heterocycles. The van der Waals surface area contributed by atoms with Gasteiger partial charge in [-0.25, -0.2) is 0 Å². The highest BCUT2D eigenvalue weighted by Gasteiger charge is 2.03. The number of nitrogens with one attached hydrogen (secondary N) is 1. The summed E-state index contributed by atoms with van der Waals surface area (Å²) in [6.45, 7) is 4.13. The Hall–Kier alpha value is -1.79. The first-order valence-electron chi connectivity index (χ1n) is 5.64. The lowest BCUT2D eigenvalue weighted by Gasteiger charge is -2.10. The molecule has 0 unspecified atom stereocenters. The summed E-state index contributed by atoms with van der Waals surface area (Å²) in [5.41, 5.74) is 4.99. The first kappa shape index (κ1) is 12.7. The normalized spacial score (nSPS) is 9.89. The third-order valence-electron chi connectivity index (χ3n) is 2.72. The van der Waals surface area contributed by atoms with Crippen molar-refractivity contribution in [1.29, 1.82) is 5.26 Å². The molecular formula is C15H13BrN2. The number of hydrogen-bond donors (Lipinski definition) is 1. The number of rotatable bonds is 2. The molecule has 2 nitrogen and oxygen atoms in total. The highest BCUT2D eigenvalue weighted by molar-refractivity contribution is 9.10. The lowest BCUT2D eigenvalue weighted by Crippen LogP contribution is -1.93. The third kappa shape index (κ3) is 2.72. The molecule has 0 spiro atoms. The van der Waals surface area contributed by atoms with Crippen molar-refractivity contribution in [2.45, 2.75) is 13.8 Å². The van der Waals surface area contributed by atoms with Crippen molar-refractivity contribution in [3.63, 3.8) is 0 Å². The molecule has 3 heteroatoms. The van der Waals surface area contributed by atoms with Gasteiger partial charge in [-0.2, -0.15) is 5.26 Å². The van der Waals surface area contributed by atoms with Crippen molar-refractivity contribution in [2.75, 3.05) is 5.32 Å². The standard InChI is InChI=1S/C15H13BrN2/c1-10-6-14(7-11(2)15(10)16)18-13-5-3-4-12(8-13)9-17/h3-8,18H,1-2H3. The fourth-order valence-electron chi connectivity index (χ4n) is 1.85. The zero-order chi connectivity index (χ0) is 13.1. The van der Waals surface area contributed by atoms with Crippen LogP contribution in [0.25, 0.3) is 0 Å². The van der Waals surface area contributed by atoms with Gasteiger partial charge in [0.05, 0.1) is 11.6 Å². The third-order valence-corrected chi connectivity index (χ3v) is 3.97. The van der Waals surface area contributed by atoms with Gasteiger partial charge in [-0.1, -0.05) is 22.0 Å². The summed E-state index contributed by atoms with van der Waals surface area (Å²) in [5, 5.41) is 12.2. The summed E-state index contributed by atoms with van der Waals surface area (Å²) >= 11 is 3.55. The van der Waals surface area contributed by atoms with Crippen molar-refractivity contribution in [3.05, 3.63) is 57.6 Å². The number of nitriles is 1. The molecule has 0 bridgehead atoms. The van der Waals surface area contributed by atoms with Gasteiger partial charge in [-0.3, -0.25) is 0 Å². The van der Waals surface area contributed by atoms with Gasteiger partial charge < -0.3 is 5.32 Å². The molecule has 2 aromatic rings. The molecule has 1 N–H and O–H groups in total. The van der Waals surface area contributed by atoms with Gasteiger partial charge in [0.1, 0.15) is 0 Å². The van der Waals surface area contributed by atoms with Crippen molar-refractivity contribution in [2.24, 2.45) is 0 Å². The van der Waals surface area contributed by atoms with E-state index in [0.717, 1.165) is 15.8 Å². The Morgan fingerprint density at radius 2 is 1.72 bits per heavy atom. The number of halogens is 1. The maximum absolute atomic E-state index is 8.87. The van der Waals surface area contributed by atoms with E-state index in [1.165, 1.54) is 11.1 Å². The Morgan fingerprint density at radius 3 is 2.33 bits per heavy atom. The molecule has 0 aliphatic rings. The van der Waals surface area contributed by atoms with E-state index in [1.54, 1.807) is 6.07 Å². The van der Waals surface area contributed by atoms with E-state index >= 15 is 0 Å². The molecule has 0 saturated heterocycles. The highest BCUT2D eigenvalue weighted by Crippen LogP contribution is 2.27. The molecule has 0 aliphatic carbocycles. The molecule has 2 rings (SSSR count). The van der Waals surface area contributed by atoms with Crippen molar-refractivity contribution >= 4 is 27.3 Å².